The number of amides is 1. The number of anilines is 2. The first-order valence-electron chi connectivity index (χ1n) is 11.7. The van der Waals surface area contributed by atoms with Crippen molar-refractivity contribution in [1.82, 2.24) is 9.97 Å². The van der Waals surface area contributed by atoms with Crippen molar-refractivity contribution in [3.8, 4) is 5.75 Å². The molecule has 2 aromatic carbocycles. The van der Waals surface area contributed by atoms with Crippen LogP contribution in [-0.2, 0) is 10.7 Å². The Hall–Kier alpha value is -3.44. The van der Waals surface area contributed by atoms with Gasteiger partial charge in [-0.3, -0.25) is 4.79 Å². The number of alkyl halides is 2. The molecular formula is C26H29F3N4O4. The summed E-state index contributed by atoms with van der Waals surface area (Å²) in [5, 5.41) is 22.8. The summed E-state index contributed by atoms with van der Waals surface area (Å²) in [5.74, 6) is -4.33. The standard InChI is InChI=1S/C26H29F3N4O4/c1-13(15-8-7-9-17(21(15)27)26(28,29)25(5,36)12-34)30-22-16-10-19-20(11-18(16)31-14(2)32-22)37-24(3,4)23(35)33(19)6/h7-11,13,34,36H,12H2,1-6H3,(H,30,31,32)/t13-,25?/m1/s1. The topological polar surface area (TPSA) is 108 Å². The minimum absolute atomic E-state index is 0.0920. The molecule has 1 amide bonds. The molecule has 1 aromatic heterocycles. The Bertz CT molecular complexity index is 1390. The summed E-state index contributed by atoms with van der Waals surface area (Å²) < 4.78 is 51.0. The molecule has 1 aliphatic rings. The number of benzene rings is 2. The molecule has 1 unspecified atom stereocenters. The maximum atomic E-state index is 15.4. The van der Waals surface area contributed by atoms with Gasteiger partial charge < -0.3 is 25.2 Å². The van der Waals surface area contributed by atoms with Crippen LogP contribution < -0.4 is 15.0 Å². The molecule has 0 fully saturated rings. The van der Waals surface area contributed by atoms with E-state index in [1.807, 2.05) is 0 Å². The summed E-state index contributed by atoms with van der Waals surface area (Å²) in [6, 6.07) is 6.02. The third-order valence-corrected chi connectivity index (χ3v) is 6.61. The van der Waals surface area contributed by atoms with E-state index in [-0.39, 0.29) is 11.5 Å². The Kier molecular flexibility index (Phi) is 6.36. The van der Waals surface area contributed by atoms with Gasteiger partial charge in [-0.1, -0.05) is 12.1 Å². The number of carbonyl (C=O) groups excluding carboxylic acids is 1. The van der Waals surface area contributed by atoms with Crippen molar-refractivity contribution in [2.75, 3.05) is 23.9 Å². The molecule has 198 valence electrons. The zero-order chi connectivity index (χ0) is 27.5. The van der Waals surface area contributed by atoms with Gasteiger partial charge >= 0.3 is 5.92 Å². The van der Waals surface area contributed by atoms with E-state index < -0.39 is 41.2 Å². The lowest BCUT2D eigenvalue weighted by molar-refractivity contribution is -0.197. The van der Waals surface area contributed by atoms with Gasteiger partial charge in [-0.2, -0.15) is 8.78 Å². The fraction of sp³-hybridized carbons (Fsp3) is 0.423. The highest BCUT2D eigenvalue weighted by molar-refractivity contribution is 6.05. The van der Waals surface area contributed by atoms with Gasteiger partial charge in [0.05, 0.1) is 29.4 Å². The number of nitrogens with one attached hydrogen (secondary N) is 1. The number of carbonyl (C=O) groups is 1. The number of likely N-dealkylation sites (N-methyl/N-ethyl adjacent to an activating group) is 1. The summed E-state index contributed by atoms with van der Waals surface area (Å²) in [6.07, 6.45) is 0. The van der Waals surface area contributed by atoms with Crippen molar-refractivity contribution in [3.63, 3.8) is 0 Å². The van der Waals surface area contributed by atoms with E-state index in [4.69, 9.17) is 4.74 Å². The molecule has 11 heteroatoms. The molecule has 0 saturated carbocycles. The van der Waals surface area contributed by atoms with Crippen LogP contribution in [0.3, 0.4) is 0 Å². The number of nitrogens with zero attached hydrogens (tertiary/aromatic N) is 3. The maximum absolute atomic E-state index is 15.4. The van der Waals surface area contributed by atoms with Crippen LogP contribution in [0.2, 0.25) is 0 Å². The average molecular weight is 519 g/mol. The van der Waals surface area contributed by atoms with Crippen LogP contribution in [0.1, 0.15) is 50.7 Å². The van der Waals surface area contributed by atoms with Gasteiger partial charge in [0.15, 0.2) is 11.2 Å². The minimum atomic E-state index is -4.05. The van der Waals surface area contributed by atoms with Gasteiger partial charge in [-0.25, -0.2) is 14.4 Å². The van der Waals surface area contributed by atoms with Gasteiger partial charge in [-0.15, -0.1) is 0 Å². The van der Waals surface area contributed by atoms with Crippen LogP contribution in [0.4, 0.5) is 24.7 Å². The summed E-state index contributed by atoms with van der Waals surface area (Å²) in [6.45, 7) is 6.08. The zero-order valence-electron chi connectivity index (χ0n) is 21.4. The molecule has 0 saturated heterocycles. The molecule has 2 atom stereocenters. The van der Waals surface area contributed by atoms with E-state index in [1.165, 1.54) is 17.0 Å². The first kappa shape index (κ1) is 26.6. The summed E-state index contributed by atoms with van der Waals surface area (Å²) in [7, 11) is 1.63. The number of aliphatic hydroxyl groups excluding tert-OH is 1. The third-order valence-electron chi connectivity index (χ3n) is 6.61. The Morgan fingerprint density at radius 1 is 1.24 bits per heavy atom. The molecule has 4 rings (SSSR count). The number of aliphatic hydroxyl groups is 2. The van der Waals surface area contributed by atoms with E-state index in [9.17, 15) is 23.8 Å². The first-order valence-corrected chi connectivity index (χ1v) is 11.7. The number of aryl methyl sites for hydroxylation is 1. The smallest absolute Gasteiger partial charge is 0.306 e. The summed E-state index contributed by atoms with van der Waals surface area (Å²) >= 11 is 0. The van der Waals surface area contributed by atoms with E-state index in [0.717, 1.165) is 13.0 Å². The third kappa shape index (κ3) is 4.36. The number of ether oxygens (including phenoxy) is 1. The van der Waals surface area contributed by atoms with E-state index >= 15 is 4.39 Å². The molecule has 0 aliphatic carbocycles. The van der Waals surface area contributed by atoms with Crippen molar-refractivity contribution in [2.45, 2.75) is 57.8 Å². The van der Waals surface area contributed by atoms with Crippen LogP contribution in [0, 0.1) is 12.7 Å². The number of fused-ring (bicyclic) bond motifs is 2. The number of aromatic nitrogens is 2. The summed E-state index contributed by atoms with van der Waals surface area (Å²) in [4.78, 5) is 23.1. The molecule has 8 nitrogen and oxygen atoms in total. The monoisotopic (exact) mass is 518 g/mol. The van der Waals surface area contributed by atoms with Crippen LogP contribution in [0.5, 0.6) is 5.75 Å². The Labute approximate surface area is 212 Å². The average Bonchev–Trinajstić information content (AvgIpc) is 2.81. The van der Waals surface area contributed by atoms with Crippen molar-refractivity contribution >= 4 is 28.3 Å². The second kappa shape index (κ2) is 8.84. The number of rotatable bonds is 6. The van der Waals surface area contributed by atoms with Crippen molar-refractivity contribution < 1.29 is 32.9 Å². The molecular weight excluding hydrogens is 489 g/mol. The van der Waals surface area contributed by atoms with Gasteiger partial charge in [0.25, 0.3) is 5.91 Å². The van der Waals surface area contributed by atoms with E-state index in [2.05, 4.69) is 15.3 Å². The highest BCUT2D eigenvalue weighted by atomic mass is 19.3. The molecule has 0 spiro atoms. The van der Waals surface area contributed by atoms with Gasteiger partial charge in [0, 0.05) is 24.1 Å². The lowest BCUT2D eigenvalue weighted by atomic mass is 9.90. The molecule has 1 aliphatic heterocycles. The number of halogens is 3. The molecule has 37 heavy (non-hydrogen) atoms. The normalized spacial score (nSPS) is 17.7. The molecule has 0 bridgehead atoms. The number of hydrogen-bond acceptors (Lipinski definition) is 7. The maximum Gasteiger partial charge on any atom is 0.306 e. The second-order valence-corrected chi connectivity index (χ2v) is 10.0. The first-order chi connectivity index (χ1) is 17.1. The van der Waals surface area contributed by atoms with Gasteiger partial charge in [0.1, 0.15) is 23.2 Å². The lowest BCUT2D eigenvalue weighted by Gasteiger charge is -2.37. The molecule has 0 radical (unpaired) electrons. The molecule has 2 heterocycles. The quantitative estimate of drug-likeness (QED) is 0.449. The Balaban J connectivity index is 1.77. The summed E-state index contributed by atoms with van der Waals surface area (Å²) in [5.41, 5.74) is -4.03. The van der Waals surface area contributed by atoms with Crippen LogP contribution in [0.25, 0.3) is 10.9 Å². The predicted molar refractivity (Wildman–Crippen MR) is 132 cm³/mol. The highest BCUT2D eigenvalue weighted by Crippen LogP contribution is 2.43. The highest BCUT2D eigenvalue weighted by Gasteiger charge is 2.52. The molecule has 3 N–H and O–H groups in total. The fourth-order valence-corrected chi connectivity index (χ4v) is 4.35. The van der Waals surface area contributed by atoms with Crippen LogP contribution >= 0.6 is 0 Å². The van der Waals surface area contributed by atoms with Gasteiger partial charge in [0.2, 0.25) is 0 Å². The van der Waals surface area contributed by atoms with E-state index in [1.54, 1.807) is 46.9 Å². The SMILES string of the molecule is Cc1nc(N[C@H](C)c2cccc(C(F)(F)C(C)(O)CO)c2F)c2cc3c(cc2n1)OC(C)(C)C(=O)N3C. The Morgan fingerprint density at radius 2 is 1.92 bits per heavy atom. The Morgan fingerprint density at radius 3 is 2.57 bits per heavy atom. The largest absolute Gasteiger partial charge is 0.476 e. The zero-order valence-corrected chi connectivity index (χ0v) is 21.4. The molecule has 3 aromatic rings. The second-order valence-electron chi connectivity index (χ2n) is 10.0. The predicted octanol–water partition coefficient (Wildman–Crippen LogP) is 4.22. The van der Waals surface area contributed by atoms with Crippen molar-refractivity contribution in [3.05, 3.63) is 53.1 Å². The number of hydrogen-bond donors (Lipinski definition) is 3. The van der Waals surface area contributed by atoms with E-state index in [0.29, 0.717) is 34.0 Å². The fourth-order valence-electron chi connectivity index (χ4n) is 4.35. The van der Waals surface area contributed by atoms with Crippen LogP contribution in [0.15, 0.2) is 30.3 Å². The minimum Gasteiger partial charge on any atom is -0.476 e. The van der Waals surface area contributed by atoms with Gasteiger partial charge in [-0.05, 0) is 46.8 Å². The van der Waals surface area contributed by atoms with Crippen LogP contribution in [-0.4, -0.2) is 50.9 Å². The van der Waals surface area contributed by atoms with Crippen molar-refractivity contribution in [2.24, 2.45) is 0 Å². The lowest BCUT2D eigenvalue weighted by Crippen LogP contribution is -2.50. The van der Waals surface area contributed by atoms with Crippen molar-refractivity contribution in [1.29, 1.82) is 0 Å².